The molecule has 3 aromatic heterocycles. The van der Waals surface area contributed by atoms with Gasteiger partial charge in [0.1, 0.15) is 5.65 Å². The predicted octanol–water partition coefficient (Wildman–Crippen LogP) is 3.74. The van der Waals surface area contributed by atoms with Gasteiger partial charge in [0.15, 0.2) is 0 Å². The van der Waals surface area contributed by atoms with Gasteiger partial charge in [-0.25, -0.2) is 9.78 Å². The third kappa shape index (κ3) is 3.77. The van der Waals surface area contributed by atoms with Crippen LogP contribution in [0.5, 0.6) is 0 Å². The minimum Gasteiger partial charge on any atom is -0.475 e. The molecule has 5 heterocycles. The van der Waals surface area contributed by atoms with E-state index in [0.29, 0.717) is 5.02 Å². The largest absolute Gasteiger partial charge is 0.490 e. The van der Waals surface area contributed by atoms with Crippen LogP contribution >= 0.6 is 11.6 Å². The Morgan fingerprint density at radius 3 is 2.73 bits per heavy atom. The second kappa shape index (κ2) is 7.59. The Morgan fingerprint density at radius 1 is 1.30 bits per heavy atom. The number of carbonyl (C=O) groups is 1. The first-order valence-corrected chi connectivity index (χ1v) is 9.80. The smallest absolute Gasteiger partial charge is 0.475 e. The van der Waals surface area contributed by atoms with Gasteiger partial charge in [0, 0.05) is 47.5 Å². The maximum atomic E-state index is 10.6. The molecular weight excluding hydrogens is 423 g/mol. The highest BCUT2D eigenvalue weighted by Crippen LogP contribution is 2.40. The Labute approximate surface area is 174 Å². The molecule has 2 aliphatic heterocycles. The predicted molar refractivity (Wildman–Crippen MR) is 104 cm³/mol. The first-order valence-electron chi connectivity index (χ1n) is 9.42. The Morgan fingerprint density at radius 2 is 2.07 bits per heavy atom. The van der Waals surface area contributed by atoms with Gasteiger partial charge in [0.2, 0.25) is 0 Å². The summed E-state index contributed by atoms with van der Waals surface area (Å²) >= 11 is 6.23. The van der Waals surface area contributed by atoms with Crippen LogP contribution in [0.2, 0.25) is 5.02 Å². The molecule has 0 aliphatic carbocycles. The fraction of sp³-hybridized carbons (Fsp3) is 0.421. The third-order valence-corrected chi connectivity index (χ3v) is 5.92. The van der Waals surface area contributed by atoms with Crippen molar-refractivity contribution >= 4 is 28.6 Å². The lowest BCUT2D eigenvalue weighted by Gasteiger charge is -2.33. The molecule has 11 heteroatoms. The molecule has 1 spiro atoms. The average molecular weight is 442 g/mol. The highest BCUT2D eigenvalue weighted by atomic mass is 35.5. The summed E-state index contributed by atoms with van der Waals surface area (Å²) in [6.07, 6.45) is 2.24. The standard InChI is InChI=1S/C17H18ClN5.C2HF3O2/c18-13-9-21-16-12(13)6-11(8-20-16)14-7-15-17(3-4-19-10-17)2-1-5-23(15)22-14;3-2(4,5)1(6)7/h6-9,19H,1-5,10H2,(H,20,21);(H,6,7). The molecule has 160 valence electrons. The number of aliphatic carboxylic acids is 1. The topological polar surface area (TPSA) is 95.8 Å². The van der Waals surface area contributed by atoms with Crippen LogP contribution in [-0.4, -0.2) is 50.1 Å². The molecular formula is C19H19ClF3N5O2. The molecule has 1 atom stereocenters. The first kappa shape index (κ1) is 20.7. The van der Waals surface area contributed by atoms with E-state index in [0.717, 1.165) is 41.9 Å². The van der Waals surface area contributed by atoms with Crippen molar-refractivity contribution in [2.75, 3.05) is 13.1 Å². The molecule has 0 bridgehead atoms. The Hall–Kier alpha value is -2.59. The fourth-order valence-corrected chi connectivity index (χ4v) is 4.34. The van der Waals surface area contributed by atoms with Crippen molar-refractivity contribution in [1.82, 2.24) is 25.1 Å². The molecule has 1 unspecified atom stereocenters. The summed E-state index contributed by atoms with van der Waals surface area (Å²) in [6, 6.07) is 4.34. The fourth-order valence-electron chi connectivity index (χ4n) is 4.14. The summed E-state index contributed by atoms with van der Waals surface area (Å²) in [5.41, 5.74) is 4.50. The van der Waals surface area contributed by atoms with Gasteiger partial charge in [-0.3, -0.25) is 4.68 Å². The van der Waals surface area contributed by atoms with E-state index in [1.165, 1.54) is 25.0 Å². The molecule has 0 saturated carbocycles. The van der Waals surface area contributed by atoms with Crippen molar-refractivity contribution < 1.29 is 23.1 Å². The van der Waals surface area contributed by atoms with Gasteiger partial charge in [0.05, 0.1) is 10.7 Å². The summed E-state index contributed by atoms with van der Waals surface area (Å²) in [5.74, 6) is -2.76. The molecule has 3 aromatic rings. The number of H-pyrrole nitrogens is 1. The van der Waals surface area contributed by atoms with Crippen LogP contribution in [-0.2, 0) is 16.8 Å². The number of halogens is 4. The molecule has 2 aliphatic rings. The van der Waals surface area contributed by atoms with Crippen LogP contribution in [0.25, 0.3) is 22.3 Å². The average Bonchev–Trinajstić information content (AvgIpc) is 3.42. The normalized spacial score (nSPS) is 20.8. The zero-order valence-corrected chi connectivity index (χ0v) is 16.5. The maximum absolute atomic E-state index is 10.6. The number of hydrogen-bond donors (Lipinski definition) is 3. The number of pyridine rings is 1. The molecule has 1 fully saturated rings. The van der Waals surface area contributed by atoms with E-state index >= 15 is 0 Å². The molecule has 5 rings (SSSR count). The maximum Gasteiger partial charge on any atom is 0.490 e. The lowest BCUT2D eigenvalue weighted by molar-refractivity contribution is -0.192. The number of alkyl halides is 3. The summed E-state index contributed by atoms with van der Waals surface area (Å²) in [7, 11) is 0. The van der Waals surface area contributed by atoms with Gasteiger partial charge in [-0.2, -0.15) is 18.3 Å². The Kier molecular flexibility index (Phi) is 5.23. The number of carboxylic acid groups (broad SMARTS) is 1. The van der Waals surface area contributed by atoms with Crippen LogP contribution in [0.3, 0.4) is 0 Å². The SMILES string of the molecule is Clc1c[nH]c2ncc(-c3cc4n(n3)CCCC43CCNC3)cc12.O=C(O)C(F)(F)F. The van der Waals surface area contributed by atoms with Crippen molar-refractivity contribution in [3.05, 3.63) is 35.2 Å². The first-order chi connectivity index (χ1) is 14.2. The number of aryl methyl sites for hydroxylation is 1. The summed E-state index contributed by atoms with van der Waals surface area (Å²) in [5, 5.41) is 17.2. The second-order valence-electron chi connectivity index (χ2n) is 7.51. The highest BCUT2D eigenvalue weighted by Gasteiger charge is 2.40. The van der Waals surface area contributed by atoms with Crippen LogP contribution < -0.4 is 5.32 Å². The van der Waals surface area contributed by atoms with Gasteiger partial charge in [-0.05, 0) is 37.9 Å². The number of aromatic amines is 1. The Balaban J connectivity index is 0.000000272. The minimum absolute atomic E-state index is 0.271. The molecule has 30 heavy (non-hydrogen) atoms. The van der Waals surface area contributed by atoms with Crippen molar-refractivity contribution in [2.45, 2.75) is 37.4 Å². The molecule has 0 aromatic carbocycles. The van der Waals surface area contributed by atoms with Crippen molar-refractivity contribution in [2.24, 2.45) is 0 Å². The molecule has 3 N–H and O–H groups in total. The molecule has 1 saturated heterocycles. The van der Waals surface area contributed by atoms with Crippen LogP contribution in [0.15, 0.2) is 24.5 Å². The quantitative estimate of drug-likeness (QED) is 0.534. The van der Waals surface area contributed by atoms with E-state index in [1.54, 1.807) is 6.20 Å². The molecule has 0 radical (unpaired) electrons. The van der Waals surface area contributed by atoms with E-state index in [9.17, 15) is 13.2 Å². The number of fused-ring (bicyclic) bond motifs is 3. The van der Waals surface area contributed by atoms with Gasteiger partial charge in [-0.1, -0.05) is 11.6 Å². The summed E-state index contributed by atoms with van der Waals surface area (Å²) in [6.45, 7) is 3.18. The summed E-state index contributed by atoms with van der Waals surface area (Å²) in [4.78, 5) is 16.4. The number of hydrogen-bond acceptors (Lipinski definition) is 4. The monoisotopic (exact) mass is 441 g/mol. The number of carboxylic acids is 1. The lowest BCUT2D eigenvalue weighted by atomic mass is 9.77. The van der Waals surface area contributed by atoms with Crippen molar-refractivity contribution in [1.29, 1.82) is 0 Å². The minimum atomic E-state index is -5.08. The zero-order valence-electron chi connectivity index (χ0n) is 15.8. The van der Waals surface area contributed by atoms with E-state index in [-0.39, 0.29) is 5.41 Å². The van der Waals surface area contributed by atoms with E-state index in [2.05, 4.69) is 32.1 Å². The number of rotatable bonds is 1. The lowest BCUT2D eigenvalue weighted by Crippen LogP contribution is -2.35. The number of nitrogens with one attached hydrogen (secondary N) is 2. The van der Waals surface area contributed by atoms with Gasteiger partial charge in [0.25, 0.3) is 0 Å². The van der Waals surface area contributed by atoms with E-state index < -0.39 is 12.1 Å². The number of nitrogens with zero attached hydrogens (tertiary/aromatic N) is 3. The van der Waals surface area contributed by atoms with Gasteiger partial charge >= 0.3 is 12.1 Å². The molecule has 7 nitrogen and oxygen atoms in total. The number of aromatic nitrogens is 4. The van der Waals surface area contributed by atoms with E-state index in [1.807, 2.05) is 6.20 Å². The van der Waals surface area contributed by atoms with Gasteiger partial charge < -0.3 is 15.4 Å². The van der Waals surface area contributed by atoms with Gasteiger partial charge in [-0.15, -0.1) is 0 Å². The van der Waals surface area contributed by atoms with Crippen LogP contribution in [0.1, 0.15) is 25.0 Å². The summed E-state index contributed by atoms with van der Waals surface area (Å²) < 4.78 is 33.9. The zero-order chi connectivity index (χ0) is 21.5. The Bertz CT molecular complexity index is 1090. The van der Waals surface area contributed by atoms with Crippen LogP contribution in [0.4, 0.5) is 13.2 Å². The highest BCUT2D eigenvalue weighted by molar-refractivity contribution is 6.35. The molecule has 0 amide bonds. The van der Waals surface area contributed by atoms with Crippen molar-refractivity contribution in [3.8, 4) is 11.3 Å². The second-order valence-corrected chi connectivity index (χ2v) is 7.92. The van der Waals surface area contributed by atoms with Crippen molar-refractivity contribution in [3.63, 3.8) is 0 Å². The van der Waals surface area contributed by atoms with E-state index in [4.69, 9.17) is 26.6 Å². The van der Waals surface area contributed by atoms with Crippen LogP contribution in [0, 0.1) is 0 Å². The third-order valence-electron chi connectivity index (χ3n) is 5.61.